The van der Waals surface area contributed by atoms with Gasteiger partial charge in [0.15, 0.2) is 0 Å². The molecule has 6 heteroatoms. The van der Waals surface area contributed by atoms with Crippen LogP contribution in [0.2, 0.25) is 0 Å². The van der Waals surface area contributed by atoms with Gasteiger partial charge in [-0.2, -0.15) is 0 Å². The van der Waals surface area contributed by atoms with Crippen molar-refractivity contribution in [3.8, 4) is 0 Å². The van der Waals surface area contributed by atoms with E-state index in [-0.39, 0.29) is 23.7 Å². The number of carbonyl (C=O) groups excluding carboxylic acids is 2. The highest BCUT2D eigenvalue weighted by molar-refractivity contribution is 5.93. The van der Waals surface area contributed by atoms with Crippen molar-refractivity contribution in [1.82, 2.24) is 5.32 Å². The summed E-state index contributed by atoms with van der Waals surface area (Å²) in [5, 5.41) is 3.15. The zero-order valence-corrected chi connectivity index (χ0v) is 21.4. The monoisotopic (exact) mass is 487 g/mol. The maximum Gasteiger partial charge on any atom is 0.237 e. The number of aryl methyl sites for hydroxylation is 3. The van der Waals surface area contributed by atoms with Crippen molar-refractivity contribution in [3.05, 3.63) is 99.4 Å². The van der Waals surface area contributed by atoms with Crippen molar-refractivity contribution < 1.29 is 14.0 Å². The first-order valence-electron chi connectivity index (χ1n) is 12.4. The normalized spacial score (nSPS) is 15.8. The standard InChI is InChI=1S/C30H34FN3O2/c1-18-13-19(2)25(20(3)14-18)17-27(32)30(36)33-28-11-12-34(21(4)35)29-10-7-23(16-26(28)29)15-22-5-8-24(31)9-6-22/h5-10,13-14,16,27-28H,11-12,15,17,32H2,1-4H3,(H,33,36). The average Bonchev–Trinajstić information content (AvgIpc) is 2.82. The van der Waals surface area contributed by atoms with Gasteiger partial charge in [-0.05, 0) is 91.6 Å². The van der Waals surface area contributed by atoms with Crippen molar-refractivity contribution in [2.45, 2.75) is 59.0 Å². The van der Waals surface area contributed by atoms with E-state index < -0.39 is 6.04 Å². The lowest BCUT2D eigenvalue weighted by atomic mass is 9.91. The lowest BCUT2D eigenvalue weighted by molar-refractivity contribution is -0.123. The van der Waals surface area contributed by atoms with Crippen LogP contribution in [0.25, 0.3) is 0 Å². The Hall–Kier alpha value is -3.51. The predicted octanol–water partition coefficient (Wildman–Crippen LogP) is 4.83. The number of rotatable bonds is 6. The molecule has 0 saturated carbocycles. The van der Waals surface area contributed by atoms with Crippen LogP contribution in [0.15, 0.2) is 54.6 Å². The third-order valence-corrected chi connectivity index (χ3v) is 7.02. The number of anilines is 1. The summed E-state index contributed by atoms with van der Waals surface area (Å²) in [7, 11) is 0. The lowest BCUT2D eigenvalue weighted by Gasteiger charge is -2.35. The highest BCUT2D eigenvalue weighted by Gasteiger charge is 2.30. The van der Waals surface area contributed by atoms with E-state index in [0.29, 0.717) is 25.8 Å². The summed E-state index contributed by atoms with van der Waals surface area (Å²) in [4.78, 5) is 27.2. The summed E-state index contributed by atoms with van der Waals surface area (Å²) in [5.74, 6) is -0.503. The highest BCUT2D eigenvalue weighted by Crippen LogP contribution is 2.35. The Kier molecular flexibility index (Phi) is 7.55. The van der Waals surface area contributed by atoms with Gasteiger partial charge in [-0.25, -0.2) is 4.39 Å². The fourth-order valence-corrected chi connectivity index (χ4v) is 5.21. The minimum atomic E-state index is -0.679. The molecule has 36 heavy (non-hydrogen) atoms. The van der Waals surface area contributed by atoms with Gasteiger partial charge >= 0.3 is 0 Å². The van der Waals surface area contributed by atoms with Gasteiger partial charge in [0.25, 0.3) is 0 Å². The minimum absolute atomic E-state index is 0.0330. The van der Waals surface area contributed by atoms with E-state index in [0.717, 1.165) is 39.1 Å². The van der Waals surface area contributed by atoms with Crippen LogP contribution in [0.3, 0.4) is 0 Å². The molecule has 0 saturated heterocycles. The molecular formula is C30H34FN3O2. The number of nitrogens with zero attached hydrogens (tertiary/aromatic N) is 1. The Morgan fingerprint density at radius 1 is 1.03 bits per heavy atom. The molecule has 0 aromatic heterocycles. The molecule has 0 spiro atoms. The number of hydrogen-bond acceptors (Lipinski definition) is 3. The fraction of sp³-hybridized carbons (Fsp3) is 0.333. The Morgan fingerprint density at radius 3 is 2.31 bits per heavy atom. The first-order valence-corrected chi connectivity index (χ1v) is 12.4. The van der Waals surface area contributed by atoms with E-state index in [1.165, 1.54) is 17.7 Å². The molecule has 2 amide bonds. The molecule has 1 aliphatic heterocycles. The molecule has 0 radical (unpaired) electrons. The third-order valence-electron chi connectivity index (χ3n) is 7.02. The van der Waals surface area contributed by atoms with Gasteiger partial charge in [0.2, 0.25) is 11.8 Å². The maximum absolute atomic E-state index is 13.3. The second-order valence-electron chi connectivity index (χ2n) is 9.90. The zero-order chi connectivity index (χ0) is 26.0. The Labute approximate surface area is 212 Å². The lowest BCUT2D eigenvalue weighted by Crippen LogP contribution is -2.46. The summed E-state index contributed by atoms with van der Waals surface area (Å²) in [6, 6.07) is 15.7. The van der Waals surface area contributed by atoms with Gasteiger partial charge in [0.05, 0.1) is 12.1 Å². The van der Waals surface area contributed by atoms with Gasteiger partial charge < -0.3 is 16.0 Å². The second kappa shape index (κ2) is 10.6. The van der Waals surface area contributed by atoms with E-state index in [1.807, 2.05) is 18.2 Å². The SMILES string of the molecule is CC(=O)N1CCC(NC(=O)C(N)Cc2c(C)cc(C)cc2C)c2cc(Cc3ccc(F)cc3)ccc21. The summed E-state index contributed by atoms with van der Waals surface area (Å²) >= 11 is 0. The third kappa shape index (κ3) is 5.65. The molecule has 2 unspecified atom stereocenters. The van der Waals surface area contributed by atoms with Crippen molar-refractivity contribution in [1.29, 1.82) is 0 Å². The molecule has 3 N–H and O–H groups in total. The van der Waals surface area contributed by atoms with Crippen LogP contribution < -0.4 is 16.0 Å². The van der Waals surface area contributed by atoms with Crippen molar-refractivity contribution in [3.63, 3.8) is 0 Å². The van der Waals surface area contributed by atoms with Crippen molar-refractivity contribution >= 4 is 17.5 Å². The van der Waals surface area contributed by atoms with Gasteiger partial charge in [-0.3, -0.25) is 9.59 Å². The van der Waals surface area contributed by atoms with E-state index in [4.69, 9.17) is 5.73 Å². The van der Waals surface area contributed by atoms with E-state index in [9.17, 15) is 14.0 Å². The summed E-state index contributed by atoms with van der Waals surface area (Å²) < 4.78 is 13.3. The topological polar surface area (TPSA) is 75.4 Å². The molecular weight excluding hydrogens is 453 g/mol. The highest BCUT2D eigenvalue weighted by atomic mass is 19.1. The second-order valence-corrected chi connectivity index (χ2v) is 9.90. The quantitative estimate of drug-likeness (QED) is 0.523. The van der Waals surface area contributed by atoms with Crippen LogP contribution >= 0.6 is 0 Å². The number of amides is 2. The van der Waals surface area contributed by atoms with Gasteiger partial charge in [0.1, 0.15) is 5.82 Å². The molecule has 2 atom stereocenters. The zero-order valence-electron chi connectivity index (χ0n) is 21.4. The minimum Gasteiger partial charge on any atom is -0.348 e. The van der Waals surface area contributed by atoms with Crippen LogP contribution in [-0.2, 0) is 22.4 Å². The molecule has 5 nitrogen and oxygen atoms in total. The van der Waals surface area contributed by atoms with Crippen LogP contribution in [0, 0.1) is 26.6 Å². The first kappa shape index (κ1) is 25.6. The van der Waals surface area contributed by atoms with Gasteiger partial charge in [0, 0.05) is 19.2 Å². The molecule has 188 valence electrons. The number of halogens is 1. The predicted molar refractivity (Wildman–Crippen MR) is 142 cm³/mol. The fourth-order valence-electron chi connectivity index (χ4n) is 5.21. The van der Waals surface area contributed by atoms with Crippen LogP contribution in [0.5, 0.6) is 0 Å². The van der Waals surface area contributed by atoms with Gasteiger partial charge in [-0.1, -0.05) is 42.0 Å². The largest absolute Gasteiger partial charge is 0.348 e. The molecule has 3 aromatic carbocycles. The van der Waals surface area contributed by atoms with Crippen molar-refractivity contribution in [2.24, 2.45) is 5.73 Å². The number of fused-ring (bicyclic) bond motifs is 1. The Bertz CT molecular complexity index is 1260. The number of nitrogens with one attached hydrogen (secondary N) is 1. The maximum atomic E-state index is 13.3. The molecule has 3 aromatic rings. The molecule has 0 bridgehead atoms. The summed E-state index contributed by atoms with van der Waals surface area (Å²) in [6.45, 7) is 8.24. The van der Waals surface area contributed by atoms with E-state index in [2.05, 4.69) is 38.2 Å². The number of carbonyl (C=O) groups is 2. The molecule has 0 aliphatic carbocycles. The van der Waals surface area contributed by atoms with Crippen LogP contribution in [-0.4, -0.2) is 24.4 Å². The van der Waals surface area contributed by atoms with Gasteiger partial charge in [-0.15, -0.1) is 0 Å². The number of hydrogen-bond donors (Lipinski definition) is 2. The van der Waals surface area contributed by atoms with E-state index >= 15 is 0 Å². The first-order chi connectivity index (χ1) is 17.1. The van der Waals surface area contributed by atoms with Crippen molar-refractivity contribution in [2.75, 3.05) is 11.4 Å². The molecule has 4 rings (SSSR count). The smallest absolute Gasteiger partial charge is 0.237 e. The molecule has 0 fully saturated rings. The molecule has 1 aliphatic rings. The molecule has 1 heterocycles. The van der Waals surface area contributed by atoms with Crippen LogP contribution in [0.1, 0.15) is 58.3 Å². The van der Waals surface area contributed by atoms with E-state index in [1.54, 1.807) is 24.0 Å². The average molecular weight is 488 g/mol. The number of nitrogens with two attached hydrogens (primary N) is 1. The summed E-state index contributed by atoms with van der Waals surface area (Å²) in [5.41, 5.74) is 14.7. The Balaban J connectivity index is 1.56. The van der Waals surface area contributed by atoms with Crippen LogP contribution in [0.4, 0.5) is 10.1 Å². The summed E-state index contributed by atoms with van der Waals surface area (Å²) in [6.07, 6.45) is 1.70. The number of benzene rings is 3. The Morgan fingerprint density at radius 2 is 1.67 bits per heavy atom.